The molecule has 0 saturated heterocycles. The molecule has 0 aliphatic rings. The van der Waals surface area contributed by atoms with Crippen molar-refractivity contribution in [2.75, 3.05) is 47.3 Å². The first-order valence-electron chi connectivity index (χ1n) is 24.8. The van der Waals surface area contributed by atoms with Crippen molar-refractivity contribution < 1.29 is 54.4 Å². The van der Waals surface area contributed by atoms with E-state index in [1.165, 1.54) is 51.4 Å². The number of rotatable bonds is 37. The Labute approximate surface area is 343 Å². The fourth-order valence-corrected chi connectivity index (χ4v) is 5.89. The van der Waals surface area contributed by atoms with Crippen molar-refractivity contribution in [1.82, 2.24) is 0 Å². The number of likely N-dealkylation sites (N-methyl/N-ethyl adjacent to an activating group) is 1. The van der Waals surface area contributed by atoms with Crippen LogP contribution in [0, 0.1) is 0 Å². The van der Waals surface area contributed by atoms with Crippen LogP contribution < -0.4 is 0 Å². The molecule has 0 amide bonds. The van der Waals surface area contributed by atoms with E-state index in [0.717, 1.165) is 57.8 Å². The molecular weight excluding hydrogens is 701 g/mol. The molecule has 0 aromatic heterocycles. The molecule has 0 heterocycles. The van der Waals surface area contributed by atoms with Crippen LogP contribution in [0.3, 0.4) is 0 Å². The molecule has 0 rings (SSSR count). The van der Waals surface area contributed by atoms with E-state index >= 15 is 0 Å². The normalized spacial score (nSPS) is 17.4. The standard InChI is InChI=1S/C44H78NO8P/c1-6-8-10-12-14-16-18-20-21-22-23-25-27-29-31-33-35-37-44(47)53-42(41-52-54(48,49)51-39-38-45(3,4)5)40-50-43(46)36-34-32-30-28-26-24-19-17-15-13-11-9-7-2/h8,10,14,16,20-21,23,25,29,31,42H,6-7,9,11-13,15,17-19,22,24,26-28,30,32-41H2,1-5H3/p+1/b10-8-,16-14-,21-20-,25-23-,31-29-/t42-/m1/s1/i3D3,4D3,5D3. The lowest BCUT2D eigenvalue weighted by Crippen LogP contribution is -2.37. The molecule has 2 atom stereocenters. The van der Waals surface area contributed by atoms with Crippen LogP contribution in [0.1, 0.15) is 167 Å². The molecule has 9 nitrogen and oxygen atoms in total. The van der Waals surface area contributed by atoms with Crippen molar-refractivity contribution in [2.45, 2.75) is 161 Å². The van der Waals surface area contributed by atoms with E-state index < -0.39 is 77.6 Å². The van der Waals surface area contributed by atoms with Gasteiger partial charge in [0, 0.05) is 12.8 Å². The van der Waals surface area contributed by atoms with Crippen LogP contribution >= 0.6 is 7.82 Å². The average Bonchev–Trinajstić information content (AvgIpc) is 3.19. The number of allylic oxidation sites excluding steroid dienone is 10. The SMILES string of the molecule is [2H]C([2H])([2H])[N+](CCOP(=O)(O)OC[C@@H](COC(=O)CCCCCCCCCCCCCCC)OC(=O)CCC/C=C\C/C=C\C/C=C\C/C=C\C/C=C\CC)(C([2H])([2H])[2H])C([2H])([2H])[2H]. The molecule has 0 saturated carbocycles. The third-order valence-electron chi connectivity index (χ3n) is 8.23. The minimum absolute atomic E-state index is 0.00955. The van der Waals surface area contributed by atoms with Gasteiger partial charge < -0.3 is 18.9 Å². The number of quaternary nitrogens is 1. The Morgan fingerprint density at radius 1 is 0.630 bits per heavy atom. The average molecular weight is 790 g/mol. The number of carbonyl (C=O) groups is 2. The van der Waals surface area contributed by atoms with E-state index in [2.05, 4.69) is 62.5 Å². The van der Waals surface area contributed by atoms with Crippen LogP contribution in [0.4, 0.5) is 0 Å². The lowest BCUT2D eigenvalue weighted by atomic mass is 10.0. The fourth-order valence-electron chi connectivity index (χ4n) is 5.15. The Morgan fingerprint density at radius 2 is 1.11 bits per heavy atom. The van der Waals surface area contributed by atoms with Gasteiger partial charge in [-0.3, -0.25) is 18.6 Å². The maximum atomic E-state index is 12.8. The Morgan fingerprint density at radius 3 is 1.63 bits per heavy atom. The number of unbranched alkanes of at least 4 members (excludes halogenated alkanes) is 13. The minimum Gasteiger partial charge on any atom is -0.462 e. The minimum atomic E-state index is -5.10. The van der Waals surface area contributed by atoms with Gasteiger partial charge in [-0.2, -0.15) is 0 Å². The number of phosphoric ester groups is 1. The van der Waals surface area contributed by atoms with Crippen LogP contribution in [0.15, 0.2) is 60.8 Å². The highest BCUT2D eigenvalue weighted by molar-refractivity contribution is 7.47. The quantitative estimate of drug-likeness (QED) is 0.0218. The maximum absolute atomic E-state index is 12.8. The second kappa shape index (κ2) is 36.4. The first kappa shape index (κ1) is 37.3. The lowest BCUT2D eigenvalue weighted by Gasteiger charge is -2.24. The first-order valence-corrected chi connectivity index (χ1v) is 21.8. The van der Waals surface area contributed by atoms with Crippen LogP contribution in [-0.2, 0) is 32.7 Å². The summed E-state index contributed by atoms with van der Waals surface area (Å²) in [5, 5.41) is 0. The van der Waals surface area contributed by atoms with Crippen molar-refractivity contribution in [3.05, 3.63) is 60.8 Å². The van der Waals surface area contributed by atoms with Crippen LogP contribution in [0.5, 0.6) is 0 Å². The molecule has 0 radical (unpaired) electrons. The number of hydrogen-bond acceptors (Lipinski definition) is 7. The molecule has 54 heavy (non-hydrogen) atoms. The number of hydrogen-bond donors (Lipinski definition) is 1. The van der Waals surface area contributed by atoms with Gasteiger partial charge in [-0.1, -0.05) is 152 Å². The van der Waals surface area contributed by atoms with Gasteiger partial charge in [-0.05, 0) is 51.4 Å². The van der Waals surface area contributed by atoms with Crippen molar-refractivity contribution in [2.24, 2.45) is 0 Å². The molecule has 1 unspecified atom stereocenters. The van der Waals surface area contributed by atoms with Crippen LogP contribution in [-0.4, -0.2) is 74.7 Å². The van der Waals surface area contributed by atoms with Gasteiger partial charge in [0.1, 0.15) is 19.8 Å². The molecule has 1 N–H and O–H groups in total. The molecular formula is C44H79NO8P+. The van der Waals surface area contributed by atoms with Crippen molar-refractivity contribution in [3.63, 3.8) is 0 Å². The summed E-state index contributed by atoms with van der Waals surface area (Å²) in [6.07, 6.45) is 40.1. The molecule has 0 aromatic rings. The maximum Gasteiger partial charge on any atom is 0.472 e. The number of ether oxygens (including phenoxy) is 2. The summed E-state index contributed by atoms with van der Waals surface area (Å²) >= 11 is 0. The Kier molecular flexibility index (Phi) is 25.1. The van der Waals surface area contributed by atoms with Crippen LogP contribution in [0.25, 0.3) is 0 Å². The number of nitrogens with zero attached hydrogens (tertiary/aromatic N) is 1. The summed E-state index contributed by atoms with van der Waals surface area (Å²) in [6.45, 7) is -10.00. The molecule has 0 aliphatic heterocycles. The zero-order chi connectivity index (χ0) is 47.5. The van der Waals surface area contributed by atoms with E-state index in [0.29, 0.717) is 19.3 Å². The molecule has 312 valence electrons. The second-order valence-electron chi connectivity index (χ2n) is 13.5. The summed E-state index contributed by atoms with van der Waals surface area (Å²) in [7, 11) is -5.10. The third kappa shape index (κ3) is 39.4. The van der Waals surface area contributed by atoms with E-state index in [9.17, 15) is 19.0 Å². The first-order chi connectivity index (χ1) is 29.7. The molecule has 0 bridgehead atoms. The van der Waals surface area contributed by atoms with Gasteiger partial charge in [0.15, 0.2) is 6.10 Å². The zero-order valence-corrected chi connectivity index (χ0v) is 34.3. The van der Waals surface area contributed by atoms with Crippen molar-refractivity contribution in [1.29, 1.82) is 0 Å². The van der Waals surface area contributed by atoms with E-state index in [1.807, 2.05) is 12.2 Å². The third-order valence-corrected chi connectivity index (χ3v) is 9.21. The predicted octanol–water partition coefficient (Wildman–Crippen LogP) is 11.7. The summed E-state index contributed by atoms with van der Waals surface area (Å²) in [6, 6.07) is 0. The highest BCUT2D eigenvalue weighted by Gasteiger charge is 2.27. The van der Waals surface area contributed by atoms with Gasteiger partial charge in [0.2, 0.25) is 0 Å². The van der Waals surface area contributed by atoms with E-state index in [1.54, 1.807) is 0 Å². The lowest BCUT2D eigenvalue weighted by molar-refractivity contribution is -0.870. The molecule has 0 fully saturated rings. The Bertz CT molecular complexity index is 1380. The van der Waals surface area contributed by atoms with Gasteiger partial charge >= 0.3 is 19.8 Å². The number of carbonyl (C=O) groups excluding carboxylic acids is 2. The van der Waals surface area contributed by atoms with Crippen LogP contribution in [0.2, 0.25) is 0 Å². The molecule has 0 aliphatic carbocycles. The molecule has 0 spiro atoms. The topological polar surface area (TPSA) is 108 Å². The zero-order valence-electron chi connectivity index (χ0n) is 42.4. The number of phosphoric acid groups is 1. The largest absolute Gasteiger partial charge is 0.472 e. The molecule has 10 heteroatoms. The van der Waals surface area contributed by atoms with Crippen molar-refractivity contribution >= 4 is 19.8 Å². The summed E-state index contributed by atoms with van der Waals surface area (Å²) in [5.74, 6) is -1.22. The van der Waals surface area contributed by atoms with E-state index in [4.69, 9.17) is 30.9 Å². The highest BCUT2D eigenvalue weighted by Crippen LogP contribution is 2.43. The molecule has 0 aromatic carbocycles. The Hall–Kier alpha value is -2.29. The smallest absolute Gasteiger partial charge is 0.462 e. The van der Waals surface area contributed by atoms with E-state index in [-0.39, 0.29) is 12.8 Å². The summed E-state index contributed by atoms with van der Waals surface area (Å²) in [5.41, 5.74) is 0. The van der Waals surface area contributed by atoms with Gasteiger partial charge in [-0.25, -0.2) is 4.57 Å². The fraction of sp³-hybridized carbons (Fsp3) is 0.727. The summed E-state index contributed by atoms with van der Waals surface area (Å²) < 4.78 is 100. The monoisotopic (exact) mass is 790 g/mol. The van der Waals surface area contributed by atoms with Gasteiger partial charge in [-0.15, -0.1) is 0 Å². The second-order valence-corrected chi connectivity index (χ2v) is 15.0. The predicted molar refractivity (Wildman–Crippen MR) is 224 cm³/mol. The Balaban J connectivity index is 5.09. The van der Waals surface area contributed by atoms with Gasteiger partial charge in [0.25, 0.3) is 0 Å². The van der Waals surface area contributed by atoms with Crippen molar-refractivity contribution in [3.8, 4) is 0 Å². The summed E-state index contributed by atoms with van der Waals surface area (Å²) in [4.78, 5) is 35.7. The number of esters is 2. The van der Waals surface area contributed by atoms with Gasteiger partial charge in [0.05, 0.1) is 39.9 Å². The highest BCUT2D eigenvalue weighted by atomic mass is 31.2.